The van der Waals surface area contributed by atoms with Gasteiger partial charge in [0.05, 0.1) is 27.2 Å². The Hall–Kier alpha value is -8.75. The molecule has 1 saturated heterocycles. The van der Waals surface area contributed by atoms with E-state index in [1.165, 1.54) is 16.9 Å². The van der Waals surface area contributed by atoms with Crippen molar-refractivity contribution in [3.63, 3.8) is 0 Å². The Balaban J connectivity index is 0.000000174. The highest BCUT2D eigenvalue weighted by molar-refractivity contribution is 8.17. The van der Waals surface area contributed by atoms with Crippen molar-refractivity contribution >= 4 is 51.0 Å². The third-order valence-electron chi connectivity index (χ3n) is 13.7. The van der Waals surface area contributed by atoms with Crippen LogP contribution in [0.1, 0.15) is 79.8 Å². The fourth-order valence-electron chi connectivity index (χ4n) is 10.1. The summed E-state index contributed by atoms with van der Waals surface area (Å²) < 4.78 is 35.6. The maximum atomic E-state index is 13.7. The molecule has 11 rings (SSSR count). The Morgan fingerprint density at radius 3 is 1.27 bits per heavy atom. The van der Waals surface area contributed by atoms with Crippen LogP contribution in [-0.4, -0.2) is 93.2 Å². The average Bonchev–Trinajstić information content (AvgIpc) is 4.30. The number of methoxy groups -OCH3 is 2. The Kier molecular flexibility index (Phi) is 13.7. The zero-order valence-corrected chi connectivity index (χ0v) is 41.6. The molecular formula is C58H49N3O13S. The van der Waals surface area contributed by atoms with Gasteiger partial charge in [-0.05, 0) is 59.7 Å². The number of carbonyl (C=O) groups is 6. The summed E-state index contributed by atoms with van der Waals surface area (Å²) in [7, 11) is 2.00. The summed E-state index contributed by atoms with van der Waals surface area (Å²) in [4.78, 5) is 82.7. The van der Waals surface area contributed by atoms with Crippen molar-refractivity contribution in [1.82, 2.24) is 9.80 Å². The second-order valence-corrected chi connectivity index (χ2v) is 20.4. The highest BCUT2D eigenvalue weighted by Gasteiger charge is 2.49. The highest BCUT2D eigenvalue weighted by Crippen LogP contribution is 2.51. The van der Waals surface area contributed by atoms with Crippen LogP contribution < -0.4 is 18.9 Å². The number of hydrogen-bond donors (Lipinski definition) is 1. The number of hydrogen-bond acceptors (Lipinski definition) is 12. The topological polar surface area (TPSA) is 189 Å². The molecule has 0 spiro atoms. The smallest absolute Gasteiger partial charge is 0.329 e. The number of fused-ring (bicyclic) bond motifs is 4. The number of ether oxygens (including phenoxy) is 6. The third kappa shape index (κ3) is 9.22. The standard InChI is InChI=1S/C32H28N2O6S.C26H21NO7/c1-33-29(41-15-9-10-16-41)26(35)19-25(31(37)38-2)34-20-21-17-27-28(18-24(21)30(34)36)40-32(39-27,22-11-5-3-6-12-22)23-13-7-4-8-14-23;1-32-25(31)20(14-23(28)29)27-15-16-12-21-22(13-19(16)24(27)30)34-26(33-21,17-8-4-2-5-9-17)18-10-6-3-7-11-18/h3-8,11-14,17-18,25H,9-10,15-16,19-20H2,2H3;2-13,20H,14-15H2,1H3,(H,28,29)/t25-;20-/m00/s1. The van der Waals surface area contributed by atoms with Crippen LogP contribution in [-0.2, 0) is 53.3 Å². The van der Waals surface area contributed by atoms with Crippen molar-refractivity contribution in [2.45, 2.75) is 62.4 Å². The first-order valence-electron chi connectivity index (χ1n) is 24.1. The summed E-state index contributed by atoms with van der Waals surface area (Å²) >= 11 is 0. The van der Waals surface area contributed by atoms with E-state index in [0.29, 0.717) is 45.3 Å². The van der Waals surface area contributed by atoms with Gasteiger partial charge in [-0.25, -0.2) is 14.4 Å². The molecule has 380 valence electrons. The molecule has 1 fully saturated rings. The van der Waals surface area contributed by atoms with Gasteiger partial charge in [-0.2, -0.15) is 10.5 Å². The monoisotopic (exact) mass is 1030 g/mol. The summed E-state index contributed by atoms with van der Waals surface area (Å²) in [6, 6.07) is 42.6. The molecule has 0 radical (unpaired) electrons. The molecule has 0 saturated carbocycles. The number of carboxylic acid groups (broad SMARTS) is 1. The van der Waals surface area contributed by atoms with Crippen molar-refractivity contribution in [3.05, 3.63) is 202 Å². The van der Waals surface area contributed by atoms with Gasteiger partial charge >= 0.3 is 29.5 Å². The molecule has 0 unspecified atom stereocenters. The van der Waals surface area contributed by atoms with E-state index in [1.54, 1.807) is 24.3 Å². The summed E-state index contributed by atoms with van der Waals surface area (Å²) in [5.41, 5.74) is 5.15. The molecular weight excluding hydrogens is 979 g/mol. The maximum absolute atomic E-state index is 13.7. The molecule has 6 aromatic carbocycles. The minimum atomic E-state index is -1.23. The summed E-state index contributed by atoms with van der Waals surface area (Å²) in [6.07, 6.45) is 1.14. The van der Waals surface area contributed by atoms with Crippen LogP contribution in [0.25, 0.3) is 4.85 Å². The zero-order valence-electron chi connectivity index (χ0n) is 40.8. The van der Waals surface area contributed by atoms with Crippen molar-refractivity contribution in [1.29, 1.82) is 0 Å². The number of aliphatic carboxylic acids is 1. The van der Waals surface area contributed by atoms with Crippen molar-refractivity contribution < 1.29 is 62.3 Å². The van der Waals surface area contributed by atoms with Gasteiger partial charge in [0.15, 0.2) is 28.8 Å². The molecule has 6 aromatic rings. The lowest BCUT2D eigenvalue weighted by atomic mass is 9.97. The number of carbonyl (C=O) groups excluding carboxylic acids is 5. The zero-order chi connectivity index (χ0) is 52.4. The van der Waals surface area contributed by atoms with Gasteiger partial charge in [0.2, 0.25) is 0 Å². The number of nitrogens with zero attached hydrogens (tertiary/aromatic N) is 3. The van der Waals surface area contributed by atoms with Crippen LogP contribution in [0.3, 0.4) is 0 Å². The molecule has 5 aliphatic heterocycles. The van der Waals surface area contributed by atoms with Crippen LogP contribution in [0.5, 0.6) is 23.0 Å². The molecule has 0 bridgehead atoms. The minimum absolute atomic E-state index is 0.0571. The normalized spacial score (nSPS) is 16.9. The molecule has 0 aromatic heterocycles. The fraction of sp³-hybridized carbons (Fsp3) is 0.241. The summed E-state index contributed by atoms with van der Waals surface area (Å²) in [5.74, 6) is -3.03. The first-order valence-corrected chi connectivity index (χ1v) is 25.7. The number of esters is 2. The van der Waals surface area contributed by atoms with Crippen molar-refractivity contribution in [2.24, 2.45) is 0 Å². The first kappa shape index (κ1) is 49.8. The minimum Gasteiger partial charge on any atom is -0.481 e. The molecule has 2 amide bonds. The van der Waals surface area contributed by atoms with E-state index in [9.17, 15) is 33.9 Å². The molecule has 5 heterocycles. The van der Waals surface area contributed by atoms with Gasteiger partial charge in [-0.3, -0.25) is 14.4 Å². The van der Waals surface area contributed by atoms with Crippen LogP contribution in [0.15, 0.2) is 146 Å². The molecule has 2 atom stereocenters. The molecule has 17 heteroatoms. The van der Waals surface area contributed by atoms with E-state index >= 15 is 0 Å². The number of amides is 2. The molecule has 75 heavy (non-hydrogen) atoms. The van der Waals surface area contributed by atoms with E-state index < -0.39 is 76.1 Å². The number of benzene rings is 6. The summed E-state index contributed by atoms with van der Waals surface area (Å²) in [5, 5.41) is 9.22. The van der Waals surface area contributed by atoms with Gasteiger partial charge in [0, 0.05) is 52.9 Å². The maximum Gasteiger partial charge on any atom is 0.329 e. The Morgan fingerprint density at radius 1 is 0.587 bits per heavy atom. The second kappa shape index (κ2) is 20.6. The van der Waals surface area contributed by atoms with E-state index in [0.717, 1.165) is 53.7 Å². The van der Waals surface area contributed by atoms with Gasteiger partial charge in [-0.1, -0.05) is 121 Å². The van der Waals surface area contributed by atoms with Gasteiger partial charge < -0.3 is 48.1 Å². The Bertz CT molecular complexity index is 3240. The van der Waals surface area contributed by atoms with Crippen LogP contribution in [0.4, 0.5) is 0 Å². The van der Waals surface area contributed by atoms with E-state index in [2.05, 4.69) is 4.85 Å². The number of carboxylic acids is 1. The first-order chi connectivity index (χ1) is 36.4. The van der Waals surface area contributed by atoms with E-state index in [1.807, 2.05) is 121 Å². The Morgan fingerprint density at radius 2 is 0.933 bits per heavy atom. The quantitative estimate of drug-likeness (QED) is 0.0662. The lowest BCUT2D eigenvalue weighted by molar-refractivity contribution is -0.151. The molecule has 1 N–H and O–H groups in total. The predicted octanol–water partition coefficient (Wildman–Crippen LogP) is 8.26. The molecule has 5 aliphatic rings. The van der Waals surface area contributed by atoms with Crippen molar-refractivity contribution in [2.75, 3.05) is 25.7 Å². The van der Waals surface area contributed by atoms with E-state index in [-0.39, 0.29) is 24.5 Å². The number of Topliss-reactive ketones (excluding diaryl/α,β-unsaturated/α-hetero) is 1. The Labute approximate surface area is 434 Å². The van der Waals surface area contributed by atoms with Gasteiger partial charge in [0.25, 0.3) is 16.8 Å². The SMILES string of the molecule is COC(=O)[C@H](CC(=O)O)N1Cc2cc3c(cc2C1=O)OC(c1ccccc1)(c1ccccc1)O3.[C-]#[N+]C(C(=O)C[C@@H](C(=O)OC)N1Cc2cc3c(cc2C1=O)OC(c1ccccc1)(c1ccccc1)O3)=S1CCCC1. The predicted molar refractivity (Wildman–Crippen MR) is 274 cm³/mol. The largest absolute Gasteiger partial charge is 0.481 e. The third-order valence-corrected chi connectivity index (χ3v) is 16.2. The number of ketones is 1. The number of rotatable bonds is 13. The molecule has 0 aliphatic carbocycles. The van der Waals surface area contributed by atoms with Crippen LogP contribution >= 0.6 is 10.5 Å². The highest BCUT2D eigenvalue weighted by atomic mass is 32.2. The van der Waals surface area contributed by atoms with Gasteiger partial charge in [-0.15, -0.1) is 0 Å². The van der Waals surface area contributed by atoms with Crippen LogP contribution in [0.2, 0.25) is 0 Å². The lowest BCUT2D eigenvalue weighted by Gasteiger charge is -2.28. The molecule has 16 nitrogen and oxygen atoms in total. The van der Waals surface area contributed by atoms with Crippen molar-refractivity contribution in [3.8, 4) is 23.0 Å². The fourth-order valence-corrected chi connectivity index (χ4v) is 12.3. The van der Waals surface area contributed by atoms with Crippen LogP contribution in [0, 0.1) is 6.57 Å². The average molecular weight is 1030 g/mol. The summed E-state index contributed by atoms with van der Waals surface area (Å²) in [6.45, 7) is 7.74. The van der Waals surface area contributed by atoms with E-state index in [4.69, 9.17) is 35.0 Å². The second-order valence-electron chi connectivity index (χ2n) is 18.2. The lowest BCUT2D eigenvalue weighted by Crippen LogP contribution is -2.44. The van der Waals surface area contributed by atoms with Gasteiger partial charge in [0.1, 0.15) is 12.1 Å².